The molecule has 0 amide bonds. The molecule has 0 radical (unpaired) electrons. The maximum absolute atomic E-state index is 12.8. The standard InChI is InChI=1S/C7H7F7O2/c1-2-3(4(15)16)5(8,9)6(10,11)7(12,13)14/h3H,2H2,1H3,(H,15,16). The second kappa shape index (κ2) is 4.10. The molecule has 0 saturated carbocycles. The zero-order valence-corrected chi connectivity index (χ0v) is 7.79. The van der Waals surface area contributed by atoms with Crippen molar-refractivity contribution in [1.82, 2.24) is 0 Å². The average molecular weight is 256 g/mol. The Balaban J connectivity index is 5.41. The first-order valence-corrected chi connectivity index (χ1v) is 3.94. The first-order valence-electron chi connectivity index (χ1n) is 3.94. The minimum atomic E-state index is -6.50. The Morgan fingerprint density at radius 1 is 1.12 bits per heavy atom. The number of hydrogen-bond acceptors (Lipinski definition) is 1. The van der Waals surface area contributed by atoms with Gasteiger partial charge in [0.15, 0.2) is 0 Å². The van der Waals surface area contributed by atoms with Crippen molar-refractivity contribution < 1.29 is 40.6 Å². The minimum absolute atomic E-state index is 0.777. The molecule has 0 aliphatic carbocycles. The Hall–Kier alpha value is -1.02. The van der Waals surface area contributed by atoms with Gasteiger partial charge in [-0.25, -0.2) is 0 Å². The summed E-state index contributed by atoms with van der Waals surface area (Å²) in [5.41, 5.74) is 0. The molecule has 16 heavy (non-hydrogen) atoms. The highest BCUT2D eigenvalue weighted by Crippen LogP contribution is 2.50. The third kappa shape index (κ3) is 2.22. The highest BCUT2D eigenvalue weighted by atomic mass is 19.4. The van der Waals surface area contributed by atoms with Crippen LogP contribution in [0.3, 0.4) is 0 Å². The molecule has 0 aromatic rings. The summed E-state index contributed by atoms with van der Waals surface area (Å²) in [6.45, 7) is 0.777. The van der Waals surface area contributed by atoms with Gasteiger partial charge in [0.05, 0.1) is 0 Å². The lowest BCUT2D eigenvalue weighted by molar-refractivity contribution is -0.363. The highest BCUT2D eigenvalue weighted by molar-refractivity contribution is 5.71. The summed E-state index contributed by atoms with van der Waals surface area (Å²) < 4.78 is 85.3. The summed E-state index contributed by atoms with van der Waals surface area (Å²) in [5, 5.41) is 8.16. The average Bonchev–Trinajstić information content (AvgIpc) is 2.01. The van der Waals surface area contributed by atoms with Gasteiger partial charge in [-0.05, 0) is 6.42 Å². The van der Waals surface area contributed by atoms with Crippen LogP contribution >= 0.6 is 0 Å². The molecular weight excluding hydrogens is 249 g/mol. The van der Waals surface area contributed by atoms with Gasteiger partial charge < -0.3 is 5.11 Å². The van der Waals surface area contributed by atoms with Crippen molar-refractivity contribution in [3.63, 3.8) is 0 Å². The maximum atomic E-state index is 12.8. The maximum Gasteiger partial charge on any atom is 0.459 e. The van der Waals surface area contributed by atoms with Gasteiger partial charge in [-0.3, -0.25) is 4.79 Å². The van der Waals surface area contributed by atoms with Gasteiger partial charge in [0.1, 0.15) is 5.92 Å². The van der Waals surface area contributed by atoms with Crippen LogP contribution in [0, 0.1) is 5.92 Å². The molecule has 0 rings (SSSR count). The van der Waals surface area contributed by atoms with Crippen LogP contribution in [0.4, 0.5) is 30.7 Å². The lowest BCUT2D eigenvalue weighted by atomic mass is 9.93. The van der Waals surface area contributed by atoms with Gasteiger partial charge in [0.2, 0.25) is 0 Å². The molecule has 0 spiro atoms. The van der Waals surface area contributed by atoms with Crippen molar-refractivity contribution in [2.75, 3.05) is 0 Å². The predicted octanol–water partition coefficient (Wildman–Crippen LogP) is 2.93. The molecule has 0 aromatic carbocycles. The summed E-state index contributed by atoms with van der Waals surface area (Å²) in [4.78, 5) is 10.2. The van der Waals surface area contributed by atoms with E-state index in [2.05, 4.69) is 0 Å². The summed E-state index contributed by atoms with van der Waals surface area (Å²) in [6.07, 6.45) is -7.55. The number of alkyl halides is 7. The number of rotatable bonds is 4. The van der Waals surface area contributed by atoms with Gasteiger partial charge in [-0.15, -0.1) is 0 Å². The Morgan fingerprint density at radius 2 is 1.50 bits per heavy atom. The van der Waals surface area contributed by atoms with Crippen LogP contribution in [0.2, 0.25) is 0 Å². The van der Waals surface area contributed by atoms with E-state index in [-0.39, 0.29) is 0 Å². The van der Waals surface area contributed by atoms with Gasteiger partial charge >= 0.3 is 24.0 Å². The zero-order valence-electron chi connectivity index (χ0n) is 7.79. The third-order valence-corrected chi connectivity index (χ3v) is 1.92. The lowest BCUT2D eigenvalue weighted by Gasteiger charge is -2.31. The quantitative estimate of drug-likeness (QED) is 0.785. The van der Waals surface area contributed by atoms with E-state index in [9.17, 15) is 35.5 Å². The Labute approximate surface area is 85.0 Å². The molecule has 1 N–H and O–H groups in total. The molecule has 0 aliphatic rings. The van der Waals surface area contributed by atoms with Gasteiger partial charge in [-0.2, -0.15) is 30.7 Å². The predicted molar refractivity (Wildman–Crippen MR) is 37.4 cm³/mol. The molecule has 1 atom stereocenters. The van der Waals surface area contributed by atoms with Crippen molar-refractivity contribution in [3.8, 4) is 0 Å². The first kappa shape index (κ1) is 15.0. The number of carboxylic acid groups (broad SMARTS) is 1. The van der Waals surface area contributed by atoms with Crippen LogP contribution < -0.4 is 0 Å². The lowest BCUT2D eigenvalue weighted by Crippen LogP contribution is -2.57. The SMILES string of the molecule is CCC(C(=O)O)C(F)(F)C(F)(F)C(F)(F)F. The summed E-state index contributed by atoms with van der Waals surface area (Å²) in [7, 11) is 0. The van der Waals surface area contributed by atoms with E-state index >= 15 is 0 Å². The molecule has 9 heteroatoms. The smallest absolute Gasteiger partial charge is 0.459 e. The number of aliphatic carboxylic acids is 1. The molecular formula is C7H7F7O2. The second-order valence-electron chi connectivity index (χ2n) is 2.99. The molecule has 2 nitrogen and oxygen atoms in total. The Bertz CT molecular complexity index is 270. The van der Waals surface area contributed by atoms with Crippen LogP contribution in [0.5, 0.6) is 0 Å². The van der Waals surface area contributed by atoms with Crippen molar-refractivity contribution in [3.05, 3.63) is 0 Å². The summed E-state index contributed by atoms with van der Waals surface area (Å²) in [6, 6.07) is 0. The molecule has 0 aliphatic heterocycles. The van der Waals surface area contributed by atoms with Crippen LogP contribution in [0.15, 0.2) is 0 Å². The monoisotopic (exact) mass is 256 g/mol. The highest BCUT2D eigenvalue weighted by Gasteiger charge is 2.76. The van der Waals surface area contributed by atoms with E-state index in [1.165, 1.54) is 0 Å². The minimum Gasteiger partial charge on any atom is -0.481 e. The van der Waals surface area contributed by atoms with E-state index in [4.69, 9.17) is 5.11 Å². The molecule has 1 unspecified atom stereocenters. The van der Waals surface area contributed by atoms with E-state index < -0.39 is 36.3 Å². The van der Waals surface area contributed by atoms with E-state index in [0.29, 0.717) is 0 Å². The van der Waals surface area contributed by atoms with Gasteiger partial charge in [0.25, 0.3) is 0 Å². The van der Waals surface area contributed by atoms with E-state index in [1.807, 2.05) is 0 Å². The van der Waals surface area contributed by atoms with Crippen molar-refractivity contribution >= 4 is 5.97 Å². The summed E-state index contributed by atoms with van der Waals surface area (Å²) >= 11 is 0. The fourth-order valence-corrected chi connectivity index (χ4v) is 0.994. The van der Waals surface area contributed by atoms with Crippen LogP contribution in [0.25, 0.3) is 0 Å². The molecule has 0 fully saturated rings. The van der Waals surface area contributed by atoms with Crippen molar-refractivity contribution in [2.24, 2.45) is 5.92 Å². The van der Waals surface area contributed by atoms with Crippen LogP contribution in [0.1, 0.15) is 13.3 Å². The zero-order chi connectivity index (χ0) is 13.4. The van der Waals surface area contributed by atoms with Crippen molar-refractivity contribution in [2.45, 2.75) is 31.4 Å². The molecule has 0 aromatic heterocycles. The Morgan fingerprint density at radius 3 is 1.69 bits per heavy atom. The molecule has 0 heterocycles. The number of hydrogen-bond donors (Lipinski definition) is 1. The largest absolute Gasteiger partial charge is 0.481 e. The Kier molecular flexibility index (Phi) is 3.83. The summed E-state index contributed by atoms with van der Waals surface area (Å²) in [5.74, 6) is -17.6. The van der Waals surface area contributed by atoms with Gasteiger partial charge in [-0.1, -0.05) is 6.92 Å². The third-order valence-electron chi connectivity index (χ3n) is 1.92. The normalized spacial score (nSPS) is 16.0. The molecule has 0 bridgehead atoms. The molecule has 96 valence electrons. The topological polar surface area (TPSA) is 37.3 Å². The number of carbonyl (C=O) groups is 1. The number of carboxylic acids is 1. The molecule has 0 saturated heterocycles. The number of halogens is 7. The second-order valence-corrected chi connectivity index (χ2v) is 2.99. The fourth-order valence-electron chi connectivity index (χ4n) is 0.994. The van der Waals surface area contributed by atoms with E-state index in [1.54, 1.807) is 0 Å². The van der Waals surface area contributed by atoms with Gasteiger partial charge in [0, 0.05) is 0 Å². The van der Waals surface area contributed by atoms with Crippen LogP contribution in [-0.2, 0) is 4.79 Å². The van der Waals surface area contributed by atoms with Crippen LogP contribution in [-0.4, -0.2) is 29.1 Å². The fraction of sp³-hybridized carbons (Fsp3) is 0.857. The van der Waals surface area contributed by atoms with E-state index in [0.717, 1.165) is 6.92 Å². The first-order chi connectivity index (χ1) is 6.89. The van der Waals surface area contributed by atoms with Crippen molar-refractivity contribution in [1.29, 1.82) is 0 Å².